The molecule has 1 aromatic heterocycles. The van der Waals surface area contributed by atoms with Crippen molar-refractivity contribution in [2.45, 2.75) is 32.7 Å². The van der Waals surface area contributed by atoms with Crippen LogP contribution in [0.1, 0.15) is 26.5 Å². The van der Waals surface area contributed by atoms with Gasteiger partial charge in [0.05, 0.1) is 6.42 Å². The molecule has 1 amide bonds. The summed E-state index contributed by atoms with van der Waals surface area (Å²) in [7, 11) is 0. The minimum absolute atomic E-state index is 0.142. The van der Waals surface area contributed by atoms with Crippen molar-refractivity contribution in [1.82, 2.24) is 14.9 Å². The number of nitrogens with zero attached hydrogens (tertiary/aromatic N) is 1. The molecule has 0 radical (unpaired) electrons. The first-order valence-corrected chi connectivity index (χ1v) is 5.94. The van der Waals surface area contributed by atoms with E-state index in [2.05, 4.69) is 4.98 Å². The number of aliphatic carboxylic acids is 1. The van der Waals surface area contributed by atoms with Crippen molar-refractivity contribution < 1.29 is 14.7 Å². The highest BCUT2D eigenvalue weighted by Gasteiger charge is 2.28. The van der Waals surface area contributed by atoms with Gasteiger partial charge in [-0.2, -0.15) is 0 Å². The van der Waals surface area contributed by atoms with Crippen molar-refractivity contribution in [2.24, 2.45) is 0 Å². The zero-order chi connectivity index (χ0) is 15.5. The summed E-state index contributed by atoms with van der Waals surface area (Å²) in [5.41, 5.74) is -1.86. The number of carbonyl (C=O) groups excluding carboxylic acids is 1. The van der Waals surface area contributed by atoms with E-state index in [-0.39, 0.29) is 12.1 Å². The maximum absolute atomic E-state index is 12.1. The number of hydrogen-bond acceptors (Lipinski definition) is 4. The normalized spacial score (nSPS) is 11.2. The number of hydrogen-bond donors (Lipinski definition) is 3. The number of aromatic nitrogens is 2. The van der Waals surface area contributed by atoms with Gasteiger partial charge in [-0.25, -0.2) is 4.79 Å². The lowest BCUT2D eigenvalue weighted by Crippen LogP contribution is -2.49. The monoisotopic (exact) mass is 283 g/mol. The fourth-order valence-corrected chi connectivity index (χ4v) is 1.71. The summed E-state index contributed by atoms with van der Waals surface area (Å²) >= 11 is 0. The van der Waals surface area contributed by atoms with Crippen LogP contribution in [0, 0.1) is 0 Å². The summed E-state index contributed by atoms with van der Waals surface area (Å²) in [6.07, 6.45) is -0.246. The molecule has 0 spiro atoms. The molecular formula is C12H17N3O5. The number of carboxylic acids is 1. The van der Waals surface area contributed by atoms with Gasteiger partial charge in [-0.1, -0.05) is 0 Å². The van der Waals surface area contributed by atoms with Gasteiger partial charge in [-0.3, -0.25) is 19.4 Å². The highest BCUT2D eigenvalue weighted by Crippen LogP contribution is 2.14. The minimum atomic E-state index is -1.13. The van der Waals surface area contributed by atoms with Crippen LogP contribution in [0.15, 0.2) is 15.7 Å². The number of carbonyl (C=O) groups is 2. The molecule has 0 aliphatic heterocycles. The second-order valence-electron chi connectivity index (χ2n) is 5.33. The molecule has 8 heteroatoms. The molecule has 1 rings (SSSR count). The van der Waals surface area contributed by atoms with Crippen molar-refractivity contribution >= 4 is 11.9 Å². The minimum Gasteiger partial charge on any atom is -0.480 e. The zero-order valence-corrected chi connectivity index (χ0v) is 11.5. The maximum atomic E-state index is 12.1. The van der Waals surface area contributed by atoms with E-state index in [9.17, 15) is 19.2 Å². The molecule has 0 saturated carbocycles. The Hall–Kier alpha value is -2.38. The fourth-order valence-electron chi connectivity index (χ4n) is 1.71. The largest absolute Gasteiger partial charge is 0.480 e. The fraction of sp³-hybridized carbons (Fsp3) is 0.500. The number of carboxylic acid groups (broad SMARTS) is 1. The van der Waals surface area contributed by atoms with Crippen molar-refractivity contribution in [1.29, 1.82) is 0 Å². The Morgan fingerprint density at radius 2 is 1.85 bits per heavy atom. The second-order valence-corrected chi connectivity index (χ2v) is 5.33. The molecule has 0 aromatic carbocycles. The summed E-state index contributed by atoms with van der Waals surface area (Å²) in [6.45, 7) is 4.66. The molecule has 3 N–H and O–H groups in total. The summed E-state index contributed by atoms with van der Waals surface area (Å²) in [6, 6.07) is 1.10. The van der Waals surface area contributed by atoms with Crippen LogP contribution in [-0.2, 0) is 16.0 Å². The first-order chi connectivity index (χ1) is 9.09. The molecule has 0 atom stereocenters. The van der Waals surface area contributed by atoms with Crippen molar-refractivity contribution in [3.8, 4) is 0 Å². The number of amides is 1. The van der Waals surface area contributed by atoms with E-state index in [4.69, 9.17) is 5.11 Å². The van der Waals surface area contributed by atoms with Crippen molar-refractivity contribution in [3.05, 3.63) is 32.6 Å². The van der Waals surface area contributed by atoms with Crippen LogP contribution in [0.3, 0.4) is 0 Å². The predicted molar refractivity (Wildman–Crippen MR) is 70.5 cm³/mol. The maximum Gasteiger partial charge on any atom is 0.325 e. The lowest BCUT2D eigenvalue weighted by molar-refractivity contribution is -0.147. The SMILES string of the molecule is CC(C)(C)N(CC(=O)O)C(=O)Cc1cc(=O)[nH]c(=O)[nH]1. The first-order valence-electron chi connectivity index (χ1n) is 5.94. The molecule has 8 nitrogen and oxygen atoms in total. The van der Waals surface area contributed by atoms with E-state index in [0.29, 0.717) is 0 Å². The van der Waals surface area contributed by atoms with E-state index in [1.54, 1.807) is 20.8 Å². The number of rotatable bonds is 4. The van der Waals surface area contributed by atoms with Gasteiger partial charge in [-0.05, 0) is 20.8 Å². The highest BCUT2D eigenvalue weighted by molar-refractivity contribution is 5.83. The first kappa shape index (κ1) is 15.7. The Balaban J connectivity index is 2.99. The lowest BCUT2D eigenvalue weighted by Gasteiger charge is -2.34. The molecule has 1 aromatic rings. The van der Waals surface area contributed by atoms with E-state index in [0.717, 1.165) is 6.07 Å². The topological polar surface area (TPSA) is 123 Å². The molecular weight excluding hydrogens is 266 g/mol. The molecule has 0 saturated heterocycles. The van der Waals surface area contributed by atoms with E-state index in [1.807, 2.05) is 4.98 Å². The van der Waals surface area contributed by atoms with Crippen LogP contribution in [0.4, 0.5) is 0 Å². The molecule has 0 aliphatic carbocycles. The summed E-state index contributed by atoms with van der Waals surface area (Å²) < 4.78 is 0. The third-order valence-corrected chi connectivity index (χ3v) is 2.56. The Morgan fingerprint density at radius 1 is 1.25 bits per heavy atom. The molecule has 0 unspecified atom stereocenters. The molecule has 20 heavy (non-hydrogen) atoms. The number of H-pyrrole nitrogens is 2. The third-order valence-electron chi connectivity index (χ3n) is 2.56. The Morgan fingerprint density at radius 3 is 2.30 bits per heavy atom. The number of nitrogens with one attached hydrogen (secondary N) is 2. The second kappa shape index (κ2) is 5.72. The van der Waals surface area contributed by atoms with Crippen LogP contribution in [-0.4, -0.2) is 43.9 Å². The van der Waals surface area contributed by atoms with Crippen LogP contribution >= 0.6 is 0 Å². The van der Waals surface area contributed by atoms with Gasteiger partial charge in [-0.15, -0.1) is 0 Å². The summed E-state index contributed by atoms with van der Waals surface area (Å²) in [4.78, 5) is 50.7. The molecule has 0 bridgehead atoms. The molecule has 110 valence electrons. The summed E-state index contributed by atoms with van der Waals surface area (Å²) in [5, 5.41) is 8.84. The lowest BCUT2D eigenvalue weighted by atomic mass is 10.0. The molecule has 0 aliphatic rings. The van der Waals surface area contributed by atoms with Crippen molar-refractivity contribution in [3.63, 3.8) is 0 Å². The Labute approximate surface area is 114 Å². The highest BCUT2D eigenvalue weighted by atomic mass is 16.4. The molecule has 1 heterocycles. The van der Waals surface area contributed by atoms with Gasteiger partial charge in [0.1, 0.15) is 6.54 Å². The van der Waals surface area contributed by atoms with Crippen LogP contribution in [0.25, 0.3) is 0 Å². The smallest absolute Gasteiger partial charge is 0.325 e. The Bertz CT molecular complexity index is 595. The standard InChI is InChI=1S/C12H17N3O5/c1-12(2,3)15(6-10(18)19)9(17)5-7-4-8(16)14-11(20)13-7/h4H,5-6H2,1-3H3,(H,18,19)(H2,13,14,16,20). The predicted octanol–water partition coefficient (Wildman–Crippen LogP) is -0.683. The van der Waals surface area contributed by atoms with Crippen LogP contribution < -0.4 is 11.2 Å². The number of aromatic amines is 2. The average molecular weight is 283 g/mol. The van der Waals surface area contributed by atoms with Crippen molar-refractivity contribution in [2.75, 3.05) is 6.54 Å². The molecule has 0 fully saturated rings. The van der Waals surface area contributed by atoms with Gasteiger partial charge in [0.15, 0.2) is 0 Å². The summed E-state index contributed by atoms with van der Waals surface area (Å²) in [5.74, 6) is -1.62. The van der Waals surface area contributed by atoms with E-state index in [1.165, 1.54) is 4.90 Å². The van der Waals surface area contributed by atoms with Gasteiger partial charge >= 0.3 is 11.7 Å². The zero-order valence-electron chi connectivity index (χ0n) is 11.5. The van der Waals surface area contributed by atoms with Gasteiger partial charge in [0.25, 0.3) is 5.56 Å². The third kappa shape index (κ3) is 4.38. The van der Waals surface area contributed by atoms with E-state index >= 15 is 0 Å². The quantitative estimate of drug-likeness (QED) is 0.675. The van der Waals surface area contributed by atoms with Crippen LogP contribution in [0.2, 0.25) is 0 Å². The Kier molecular flexibility index (Phi) is 4.49. The average Bonchev–Trinajstić information content (AvgIpc) is 2.22. The van der Waals surface area contributed by atoms with Crippen LogP contribution in [0.5, 0.6) is 0 Å². The van der Waals surface area contributed by atoms with Gasteiger partial charge in [0, 0.05) is 17.3 Å². The van der Waals surface area contributed by atoms with Gasteiger partial charge < -0.3 is 15.0 Å². The van der Waals surface area contributed by atoms with Gasteiger partial charge in [0.2, 0.25) is 5.91 Å². The van der Waals surface area contributed by atoms with E-state index < -0.39 is 35.2 Å².